The van der Waals surface area contributed by atoms with Crippen LogP contribution in [0.4, 0.5) is 4.79 Å². The van der Waals surface area contributed by atoms with Gasteiger partial charge in [0, 0.05) is 18.1 Å². The first-order valence-corrected chi connectivity index (χ1v) is 15.0. The van der Waals surface area contributed by atoms with Gasteiger partial charge in [-0.25, -0.2) is 9.59 Å². The summed E-state index contributed by atoms with van der Waals surface area (Å²) < 4.78 is 5.61. The Hall–Kier alpha value is -3.73. The number of carboxylic acids is 1. The number of alkyl carbamates (subject to hydrolysis) is 1. The van der Waals surface area contributed by atoms with Crippen LogP contribution in [0.1, 0.15) is 17.0 Å². The number of nitrogens with one attached hydrogen (secondary N) is 1. The molecule has 5 nitrogen and oxygen atoms in total. The molecule has 7 heteroatoms. The van der Waals surface area contributed by atoms with Gasteiger partial charge in [0.1, 0.15) is 12.6 Å². The van der Waals surface area contributed by atoms with Crippen LogP contribution in [0.5, 0.6) is 0 Å². The highest BCUT2D eigenvalue weighted by Crippen LogP contribution is 2.45. The molecule has 2 N–H and O–H groups in total. The van der Waals surface area contributed by atoms with Gasteiger partial charge in [-0.3, -0.25) is 0 Å². The van der Waals surface area contributed by atoms with E-state index in [1.165, 1.54) is 0 Å². The third kappa shape index (κ3) is 5.08. The minimum Gasteiger partial charge on any atom is -0.480 e. The van der Waals surface area contributed by atoms with Crippen LogP contribution in [0, 0.1) is 0 Å². The fraction of sp³-hybridized carbons (Fsp3) is 0.133. The molecule has 37 heavy (non-hydrogen) atoms. The maximum atomic E-state index is 12.9. The largest absolute Gasteiger partial charge is 0.480 e. The van der Waals surface area contributed by atoms with Crippen LogP contribution in [-0.2, 0) is 21.3 Å². The van der Waals surface area contributed by atoms with Crippen molar-refractivity contribution in [2.24, 2.45) is 0 Å². The number of rotatable bonds is 8. The second-order valence-corrected chi connectivity index (χ2v) is 13.7. The number of hydrogen-bond donors (Lipinski definition) is 2. The van der Waals surface area contributed by atoms with E-state index < -0.39 is 24.1 Å². The number of carbonyl (C=O) groups is 2. The van der Waals surface area contributed by atoms with Gasteiger partial charge in [-0.1, -0.05) is 121 Å². The zero-order chi connectivity index (χ0) is 25.8. The maximum Gasteiger partial charge on any atom is 0.407 e. The predicted molar refractivity (Wildman–Crippen MR) is 151 cm³/mol. The molecule has 5 rings (SSSR count). The summed E-state index contributed by atoms with van der Waals surface area (Å²) in [4.78, 5) is 25.1. The number of ether oxygens (including phenoxy) is 1. The lowest BCUT2D eigenvalue weighted by molar-refractivity contribution is -0.138. The fourth-order valence-corrected chi connectivity index (χ4v) is 8.89. The highest BCUT2D eigenvalue weighted by Gasteiger charge is 2.33. The second-order valence-electron chi connectivity index (χ2n) is 8.95. The summed E-state index contributed by atoms with van der Waals surface area (Å²) >= 11 is 6.18. The van der Waals surface area contributed by atoms with E-state index in [-0.39, 0.29) is 18.7 Å². The summed E-state index contributed by atoms with van der Waals surface area (Å²) in [6.07, 6.45) is -0.674. The average molecular weight is 528 g/mol. The van der Waals surface area contributed by atoms with Gasteiger partial charge in [-0.15, -0.1) is 0 Å². The molecule has 4 aromatic carbocycles. The minimum absolute atomic E-state index is 0.0931. The van der Waals surface area contributed by atoms with Crippen molar-refractivity contribution < 1.29 is 19.4 Å². The van der Waals surface area contributed by atoms with E-state index in [9.17, 15) is 14.7 Å². The quantitative estimate of drug-likeness (QED) is 0.312. The van der Waals surface area contributed by atoms with E-state index in [0.29, 0.717) is 0 Å². The predicted octanol–water partition coefficient (Wildman–Crippen LogP) is 5.11. The first-order chi connectivity index (χ1) is 18.0. The summed E-state index contributed by atoms with van der Waals surface area (Å²) in [6.45, 7) is 0.109. The Labute approximate surface area is 221 Å². The van der Waals surface area contributed by atoms with Gasteiger partial charge in [-0.2, -0.15) is 0 Å². The average Bonchev–Trinajstić information content (AvgIpc) is 3.26. The van der Waals surface area contributed by atoms with E-state index in [2.05, 4.69) is 17.4 Å². The number of benzene rings is 4. The molecule has 1 amide bonds. The maximum absolute atomic E-state index is 12.9. The molecule has 0 aromatic heterocycles. The summed E-state index contributed by atoms with van der Waals surface area (Å²) in [5.41, 5.74) is 4.44. The van der Waals surface area contributed by atoms with Crippen molar-refractivity contribution in [2.75, 3.05) is 12.8 Å². The van der Waals surface area contributed by atoms with Crippen LogP contribution in [0.3, 0.4) is 0 Å². The van der Waals surface area contributed by atoms with Crippen LogP contribution >= 0.6 is 6.04 Å². The van der Waals surface area contributed by atoms with Crippen molar-refractivity contribution in [3.63, 3.8) is 0 Å². The lowest BCUT2D eigenvalue weighted by Crippen LogP contribution is -2.45. The number of fused-ring (bicyclic) bond motifs is 3. The van der Waals surface area contributed by atoms with Crippen molar-refractivity contribution in [3.05, 3.63) is 120 Å². The number of aliphatic carboxylic acids is 1. The van der Waals surface area contributed by atoms with Crippen LogP contribution < -0.4 is 15.9 Å². The summed E-state index contributed by atoms with van der Waals surface area (Å²) in [5.74, 6) is -1.25. The van der Waals surface area contributed by atoms with E-state index in [0.717, 1.165) is 32.9 Å². The molecule has 1 atom stereocenters. The summed E-state index contributed by atoms with van der Waals surface area (Å²) in [6, 6.07) is 31.5. The third-order valence-electron chi connectivity index (χ3n) is 6.72. The molecule has 0 aliphatic heterocycles. The van der Waals surface area contributed by atoms with Crippen molar-refractivity contribution in [3.8, 4) is 11.1 Å². The van der Waals surface area contributed by atoms with Gasteiger partial charge in [0.25, 0.3) is 0 Å². The highest BCUT2D eigenvalue weighted by molar-refractivity contribution is 8.22. The summed E-state index contributed by atoms with van der Waals surface area (Å²) in [5, 5.41) is 14.4. The van der Waals surface area contributed by atoms with Gasteiger partial charge in [-0.05, 0) is 32.9 Å². The normalized spacial score (nSPS) is 13.3. The molecule has 0 saturated heterocycles. The molecular formula is C30H26NO4PS. The number of amides is 1. The van der Waals surface area contributed by atoms with Crippen LogP contribution in [-0.4, -0.2) is 36.0 Å². The molecule has 0 saturated carbocycles. The van der Waals surface area contributed by atoms with Crippen LogP contribution in [0.2, 0.25) is 0 Å². The molecule has 4 aromatic rings. The number of carbonyl (C=O) groups excluding carboxylic acids is 1. The van der Waals surface area contributed by atoms with E-state index in [1.54, 1.807) is 0 Å². The zero-order valence-electron chi connectivity index (χ0n) is 20.0. The van der Waals surface area contributed by atoms with Gasteiger partial charge in [0.2, 0.25) is 0 Å². The van der Waals surface area contributed by atoms with Gasteiger partial charge < -0.3 is 15.2 Å². The highest BCUT2D eigenvalue weighted by atomic mass is 32.4. The van der Waals surface area contributed by atoms with E-state index >= 15 is 0 Å². The van der Waals surface area contributed by atoms with Crippen molar-refractivity contribution in [2.45, 2.75) is 12.0 Å². The smallest absolute Gasteiger partial charge is 0.407 e. The molecule has 1 aliphatic rings. The molecule has 0 fully saturated rings. The first-order valence-electron chi connectivity index (χ1n) is 12.0. The Morgan fingerprint density at radius 3 is 1.73 bits per heavy atom. The van der Waals surface area contributed by atoms with Crippen LogP contribution in [0.25, 0.3) is 11.1 Å². The van der Waals surface area contributed by atoms with Gasteiger partial charge in [0.05, 0.1) is 0 Å². The Kier molecular flexibility index (Phi) is 7.22. The Bertz CT molecular complexity index is 1390. The second kappa shape index (κ2) is 10.7. The lowest BCUT2D eigenvalue weighted by Gasteiger charge is -2.27. The van der Waals surface area contributed by atoms with E-state index in [4.69, 9.17) is 16.5 Å². The van der Waals surface area contributed by atoms with Crippen molar-refractivity contribution >= 4 is 40.5 Å². The number of hydrogen-bond acceptors (Lipinski definition) is 4. The Morgan fingerprint density at radius 1 is 0.784 bits per heavy atom. The van der Waals surface area contributed by atoms with Crippen molar-refractivity contribution in [1.82, 2.24) is 5.32 Å². The van der Waals surface area contributed by atoms with Gasteiger partial charge in [0.15, 0.2) is 0 Å². The molecule has 0 unspecified atom stereocenters. The Morgan fingerprint density at radius 2 is 1.24 bits per heavy atom. The molecule has 0 heterocycles. The molecular weight excluding hydrogens is 501 g/mol. The van der Waals surface area contributed by atoms with Gasteiger partial charge >= 0.3 is 12.1 Å². The molecule has 0 radical (unpaired) electrons. The van der Waals surface area contributed by atoms with E-state index in [1.807, 2.05) is 97.1 Å². The Balaban J connectivity index is 1.34. The standard InChI is InChI=1S/C30H26NO4PS/c32-29(33)28(20-36(37,21-11-3-1-4-12-21)22-13-5-2-6-14-22)31-30(34)35-19-27-25-17-9-7-15-23(25)24-16-8-10-18-26(24)27/h1-18,27-28H,19-20H2,(H,31,34)(H,32,33)/t28-/m0/s1. The topological polar surface area (TPSA) is 75.6 Å². The molecule has 1 aliphatic carbocycles. The SMILES string of the molecule is O=C(N[C@@H](CP(=S)(c1ccccc1)c1ccccc1)C(=O)O)OCC1c2ccccc2-c2ccccc21. The lowest BCUT2D eigenvalue weighted by atomic mass is 9.98. The first kappa shape index (κ1) is 24.9. The van der Waals surface area contributed by atoms with Crippen LogP contribution in [0.15, 0.2) is 109 Å². The fourth-order valence-electron chi connectivity index (χ4n) is 4.92. The van der Waals surface area contributed by atoms with Crippen molar-refractivity contribution in [1.29, 1.82) is 0 Å². The molecule has 0 spiro atoms. The zero-order valence-corrected chi connectivity index (χ0v) is 21.7. The summed E-state index contributed by atoms with van der Waals surface area (Å²) in [7, 11) is 0. The minimum atomic E-state index is -2.54. The molecule has 0 bridgehead atoms. The monoisotopic (exact) mass is 527 g/mol. The molecule has 186 valence electrons. The number of carboxylic acid groups (broad SMARTS) is 1. The third-order valence-corrected chi connectivity index (χ3v) is 11.6.